The van der Waals surface area contributed by atoms with Gasteiger partial charge in [0.1, 0.15) is 6.10 Å². The lowest BCUT2D eigenvalue weighted by molar-refractivity contribution is -0.175. The average Bonchev–Trinajstić information content (AvgIpc) is 2.82. The van der Waals surface area contributed by atoms with Crippen LogP contribution in [-0.2, 0) is 14.3 Å². The highest BCUT2D eigenvalue weighted by molar-refractivity contribution is 5.81. The van der Waals surface area contributed by atoms with Gasteiger partial charge in [-0.3, -0.25) is 4.79 Å². The maximum atomic E-state index is 12.5. The Morgan fingerprint density at radius 3 is 3.11 bits per heavy atom. The predicted molar refractivity (Wildman–Crippen MR) is 64.5 cm³/mol. The van der Waals surface area contributed by atoms with Gasteiger partial charge in [-0.25, -0.2) is 0 Å². The number of ether oxygens (including phenoxy) is 2. The first-order chi connectivity index (χ1) is 9.08. The Bertz CT molecular complexity index is 526. The van der Waals surface area contributed by atoms with E-state index in [1.54, 1.807) is 6.26 Å². The summed E-state index contributed by atoms with van der Waals surface area (Å²) in [6.45, 7) is 2.10. The summed E-state index contributed by atoms with van der Waals surface area (Å²) >= 11 is 0. The molecule has 3 bridgehead atoms. The molecule has 5 rings (SSSR count). The summed E-state index contributed by atoms with van der Waals surface area (Å²) in [5.41, 5.74) is 0.806. The van der Waals surface area contributed by atoms with Crippen molar-refractivity contribution in [1.82, 2.24) is 0 Å². The maximum absolute atomic E-state index is 12.5. The van der Waals surface area contributed by atoms with Crippen LogP contribution < -0.4 is 0 Å². The lowest BCUT2D eigenvalue weighted by atomic mass is 9.62. The van der Waals surface area contributed by atoms with Crippen LogP contribution in [0.2, 0.25) is 0 Å². The molecule has 3 aliphatic carbocycles. The maximum Gasteiger partial charge on any atom is 0.312 e. The third-order valence-corrected chi connectivity index (χ3v) is 6.96. The zero-order chi connectivity index (χ0) is 13.0. The van der Waals surface area contributed by atoms with Crippen molar-refractivity contribution in [3.05, 3.63) is 11.8 Å². The minimum Gasteiger partial charge on any atom is -0.472 e. The van der Waals surface area contributed by atoms with Crippen LogP contribution in [0.3, 0.4) is 0 Å². The van der Waals surface area contributed by atoms with Gasteiger partial charge < -0.3 is 14.6 Å². The van der Waals surface area contributed by atoms with E-state index in [1.807, 2.05) is 0 Å². The molecule has 0 unspecified atom stereocenters. The van der Waals surface area contributed by atoms with Gasteiger partial charge in [0.2, 0.25) is 0 Å². The summed E-state index contributed by atoms with van der Waals surface area (Å²) in [7, 11) is 0. The van der Waals surface area contributed by atoms with Gasteiger partial charge in [0.15, 0.2) is 6.29 Å². The summed E-state index contributed by atoms with van der Waals surface area (Å²) in [4.78, 5) is 12.5. The average molecular weight is 262 g/mol. The third-order valence-electron chi connectivity index (χ3n) is 6.96. The Kier molecular flexibility index (Phi) is 1.61. The Morgan fingerprint density at radius 2 is 2.26 bits per heavy atom. The molecule has 7 atom stereocenters. The number of hydrogen-bond acceptors (Lipinski definition) is 4. The van der Waals surface area contributed by atoms with E-state index in [9.17, 15) is 9.90 Å². The molecule has 4 fully saturated rings. The molecule has 5 aliphatic rings. The molecule has 0 amide bonds. The zero-order valence-corrected chi connectivity index (χ0v) is 11.0. The highest BCUT2D eigenvalue weighted by Gasteiger charge is 2.76. The summed E-state index contributed by atoms with van der Waals surface area (Å²) < 4.78 is 11.1. The minimum absolute atomic E-state index is 0.0129. The van der Waals surface area contributed by atoms with Gasteiger partial charge in [0.05, 0.1) is 11.7 Å². The number of aliphatic hydroxyl groups is 1. The van der Waals surface area contributed by atoms with Crippen LogP contribution >= 0.6 is 0 Å². The Morgan fingerprint density at radius 1 is 1.42 bits per heavy atom. The SMILES string of the molecule is C[C@@]12C(=O)O[C@H]3C[C@@H]1C[C@@]14C3=CO[C@@H](O)[C@H]1CC[C@@H]24. The molecule has 2 heterocycles. The number of rotatable bonds is 0. The number of esters is 1. The molecular formula is C15H18O4. The molecule has 102 valence electrons. The third kappa shape index (κ3) is 0.874. The van der Waals surface area contributed by atoms with Gasteiger partial charge in [-0.2, -0.15) is 0 Å². The smallest absolute Gasteiger partial charge is 0.312 e. The van der Waals surface area contributed by atoms with E-state index in [4.69, 9.17) is 9.47 Å². The summed E-state index contributed by atoms with van der Waals surface area (Å²) in [5, 5.41) is 10.2. The van der Waals surface area contributed by atoms with Crippen molar-refractivity contribution in [3.63, 3.8) is 0 Å². The van der Waals surface area contributed by atoms with Crippen LogP contribution in [0.4, 0.5) is 0 Å². The van der Waals surface area contributed by atoms with E-state index < -0.39 is 6.29 Å². The van der Waals surface area contributed by atoms with Gasteiger partial charge in [-0.1, -0.05) is 0 Å². The number of aliphatic hydroxyl groups excluding tert-OH is 1. The number of fused-ring (bicyclic) bond motifs is 3. The fraction of sp³-hybridized carbons (Fsp3) is 0.800. The van der Waals surface area contributed by atoms with E-state index in [0.717, 1.165) is 31.3 Å². The Labute approximate surface area is 111 Å². The lowest BCUT2D eigenvalue weighted by Crippen LogP contribution is -2.48. The van der Waals surface area contributed by atoms with Crippen molar-refractivity contribution in [2.24, 2.45) is 28.6 Å². The Hall–Kier alpha value is -1.03. The molecule has 1 saturated heterocycles. The molecule has 19 heavy (non-hydrogen) atoms. The summed E-state index contributed by atoms with van der Waals surface area (Å²) in [5.74, 6) is 0.897. The van der Waals surface area contributed by atoms with Gasteiger partial charge in [-0.05, 0) is 44.4 Å². The standard InChI is InChI=1S/C15H18O4/c1-14-7-4-10(19-13(14)17)9-6-18-12(16)8-2-3-11(14)15(8,9)5-7/h6-8,10-12,16H,2-5H2,1H3/t7-,8-,10+,11+,12-,14-,15+/m1/s1. The second-order valence-electron chi connectivity index (χ2n) is 7.19. The number of carbonyl (C=O) groups is 1. The first kappa shape index (κ1) is 10.7. The molecule has 0 aromatic carbocycles. The fourth-order valence-corrected chi connectivity index (χ4v) is 6.20. The molecule has 4 nitrogen and oxygen atoms in total. The van der Waals surface area contributed by atoms with E-state index in [1.165, 1.54) is 0 Å². The molecule has 0 aromatic rings. The van der Waals surface area contributed by atoms with Crippen molar-refractivity contribution in [2.45, 2.75) is 45.0 Å². The van der Waals surface area contributed by atoms with Crippen LogP contribution in [0, 0.1) is 28.6 Å². The van der Waals surface area contributed by atoms with Crippen LogP contribution in [0.25, 0.3) is 0 Å². The van der Waals surface area contributed by atoms with E-state index >= 15 is 0 Å². The van der Waals surface area contributed by atoms with Crippen molar-refractivity contribution >= 4 is 5.97 Å². The molecule has 2 aliphatic heterocycles. The number of hydrogen-bond donors (Lipinski definition) is 1. The van der Waals surface area contributed by atoms with Crippen LogP contribution in [0.1, 0.15) is 32.6 Å². The van der Waals surface area contributed by atoms with E-state index in [0.29, 0.717) is 11.8 Å². The highest BCUT2D eigenvalue weighted by Crippen LogP contribution is 2.76. The van der Waals surface area contributed by atoms with Gasteiger partial charge in [-0.15, -0.1) is 0 Å². The second kappa shape index (κ2) is 2.85. The molecule has 0 radical (unpaired) electrons. The first-order valence-electron chi connectivity index (χ1n) is 7.33. The summed E-state index contributed by atoms with van der Waals surface area (Å²) in [6, 6.07) is 0. The normalized spacial score (nSPS) is 60.4. The quantitative estimate of drug-likeness (QED) is 0.673. The Balaban J connectivity index is 1.81. The van der Waals surface area contributed by atoms with E-state index in [-0.39, 0.29) is 28.8 Å². The van der Waals surface area contributed by atoms with Crippen molar-refractivity contribution in [3.8, 4) is 0 Å². The van der Waals surface area contributed by atoms with Crippen molar-refractivity contribution in [2.75, 3.05) is 0 Å². The molecular weight excluding hydrogens is 244 g/mol. The topological polar surface area (TPSA) is 55.8 Å². The van der Waals surface area contributed by atoms with Gasteiger partial charge >= 0.3 is 5.97 Å². The fourth-order valence-electron chi connectivity index (χ4n) is 6.20. The molecule has 4 heteroatoms. The van der Waals surface area contributed by atoms with Crippen molar-refractivity contribution in [1.29, 1.82) is 0 Å². The van der Waals surface area contributed by atoms with Crippen LogP contribution in [0.15, 0.2) is 11.8 Å². The molecule has 1 spiro atoms. The lowest BCUT2D eigenvalue weighted by Gasteiger charge is -2.47. The predicted octanol–water partition coefficient (Wildman–Crippen LogP) is 1.59. The first-order valence-corrected chi connectivity index (χ1v) is 7.33. The van der Waals surface area contributed by atoms with Gasteiger partial charge in [0, 0.05) is 16.9 Å². The summed E-state index contributed by atoms with van der Waals surface area (Å²) in [6.07, 6.45) is 4.86. The largest absolute Gasteiger partial charge is 0.472 e. The number of carbonyl (C=O) groups excluding carboxylic acids is 1. The van der Waals surface area contributed by atoms with Crippen LogP contribution in [-0.4, -0.2) is 23.5 Å². The van der Waals surface area contributed by atoms with E-state index in [2.05, 4.69) is 6.92 Å². The highest BCUT2D eigenvalue weighted by atomic mass is 16.6. The molecule has 3 saturated carbocycles. The van der Waals surface area contributed by atoms with Gasteiger partial charge in [0.25, 0.3) is 0 Å². The van der Waals surface area contributed by atoms with Crippen molar-refractivity contribution < 1.29 is 19.4 Å². The zero-order valence-electron chi connectivity index (χ0n) is 11.0. The monoisotopic (exact) mass is 262 g/mol. The second-order valence-corrected chi connectivity index (χ2v) is 7.19. The molecule has 0 aromatic heterocycles. The molecule has 1 N–H and O–H groups in total. The van der Waals surface area contributed by atoms with Crippen LogP contribution in [0.5, 0.6) is 0 Å². The minimum atomic E-state index is -0.705.